The van der Waals surface area contributed by atoms with Crippen LogP contribution in [0.4, 0.5) is 5.69 Å². The minimum atomic E-state index is -0.765. The van der Waals surface area contributed by atoms with Crippen LogP contribution in [-0.2, 0) is 11.3 Å². The van der Waals surface area contributed by atoms with Crippen LogP contribution < -0.4 is 10.2 Å². The number of aliphatic hydroxyl groups is 1. The third-order valence-corrected chi connectivity index (χ3v) is 5.36. The van der Waals surface area contributed by atoms with Crippen molar-refractivity contribution in [2.24, 2.45) is 5.92 Å². The normalized spacial score (nSPS) is 15.2. The maximum atomic E-state index is 12.6. The van der Waals surface area contributed by atoms with Gasteiger partial charge in [0, 0.05) is 31.4 Å². The number of carbonyl (C=O) groups is 2. The number of aromatic nitrogens is 3. The van der Waals surface area contributed by atoms with Gasteiger partial charge >= 0.3 is 0 Å². The number of amides is 2. The molecule has 0 saturated carbocycles. The number of benzene rings is 1. The van der Waals surface area contributed by atoms with Crippen LogP contribution in [0.5, 0.6) is 0 Å². The lowest BCUT2D eigenvalue weighted by molar-refractivity contribution is -0.117. The van der Waals surface area contributed by atoms with Gasteiger partial charge < -0.3 is 15.3 Å². The van der Waals surface area contributed by atoms with E-state index in [1.807, 2.05) is 38.1 Å². The molecule has 2 N–H and O–H groups in total. The Labute approximate surface area is 174 Å². The quantitative estimate of drug-likeness (QED) is 0.654. The maximum Gasteiger partial charge on any atom is 0.253 e. The Bertz CT molecular complexity index is 1070. The molecule has 3 aromatic rings. The molecule has 4 rings (SSSR count). The first-order valence-electron chi connectivity index (χ1n) is 10.1. The Hall–Kier alpha value is -3.26. The molecule has 0 aliphatic carbocycles. The van der Waals surface area contributed by atoms with Gasteiger partial charge in [0.15, 0.2) is 11.5 Å². The van der Waals surface area contributed by atoms with Crippen molar-refractivity contribution in [3.05, 3.63) is 59.5 Å². The van der Waals surface area contributed by atoms with Gasteiger partial charge in [0.2, 0.25) is 5.91 Å². The smallest absolute Gasteiger partial charge is 0.253 e. The number of carbonyl (C=O) groups excluding carboxylic acids is 2. The van der Waals surface area contributed by atoms with Gasteiger partial charge in [-0.2, -0.15) is 0 Å². The predicted octanol–water partition coefficient (Wildman–Crippen LogP) is 2.48. The molecule has 0 bridgehead atoms. The number of anilines is 1. The molecule has 3 heterocycles. The molecule has 0 radical (unpaired) electrons. The molecule has 8 nitrogen and oxygen atoms in total. The summed E-state index contributed by atoms with van der Waals surface area (Å²) in [6.07, 6.45) is 2.38. The van der Waals surface area contributed by atoms with Crippen LogP contribution >= 0.6 is 0 Å². The topological polar surface area (TPSA) is 99.8 Å². The zero-order valence-corrected chi connectivity index (χ0v) is 17.1. The lowest BCUT2D eigenvalue weighted by Gasteiger charge is -2.16. The standard InChI is InChI=1S/C22H25N5O3/c1-14(2)20(29)21-25-24-18-10-7-16(13-27(18)21)22(30)23-12-15-5-8-17(9-6-15)26-11-3-4-19(26)28/h5-10,13-14,20,29H,3-4,11-12H2,1-2H3,(H,23,30). The van der Waals surface area contributed by atoms with Gasteiger partial charge in [-0.05, 0) is 42.2 Å². The monoisotopic (exact) mass is 407 g/mol. The van der Waals surface area contributed by atoms with Crippen molar-refractivity contribution >= 4 is 23.1 Å². The van der Waals surface area contributed by atoms with Crippen LogP contribution in [0.1, 0.15) is 54.5 Å². The van der Waals surface area contributed by atoms with Crippen LogP contribution in [-0.4, -0.2) is 38.1 Å². The maximum absolute atomic E-state index is 12.6. The number of nitrogens with zero attached hydrogens (tertiary/aromatic N) is 4. The number of hydrogen-bond donors (Lipinski definition) is 2. The fourth-order valence-electron chi connectivity index (χ4n) is 3.54. The van der Waals surface area contributed by atoms with E-state index >= 15 is 0 Å². The molecule has 30 heavy (non-hydrogen) atoms. The number of rotatable bonds is 6. The highest BCUT2D eigenvalue weighted by atomic mass is 16.3. The van der Waals surface area contributed by atoms with E-state index in [1.54, 1.807) is 27.6 Å². The van der Waals surface area contributed by atoms with Crippen LogP contribution in [0.3, 0.4) is 0 Å². The van der Waals surface area contributed by atoms with Crippen molar-refractivity contribution in [1.82, 2.24) is 19.9 Å². The zero-order valence-electron chi connectivity index (χ0n) is 17.1. The van der Waals surface area contributed by atoms with Crippen molar-refractivity contribution in [1.29, 1.82) is 0 Å². The molecule has 0 spiro atoms. The Kier molecular flexibility index (Phi) is 5.50. The second-order valence-electron chi connectivity index (χ2n) is 7.89. The van der Waals surface area contributed by atoms with Gasteiger partial charge in [-0.25, -0.2) is 0 Å². The summed E-state index contributed by atoms with van der Waals surface area (Å²) in [5.74, 6) is 0.326. The molecular weight excluding hydrogens is 382 g/mol. The Balaban J connectivity index is 1.44. The van der Waals surface area contributed by atoms with Crippen molar-refractivity contribution in [2.75, 3.05) is 11.4 Å². The summed E-state index contributed by atoms with van der Waals surface area (Å²) >= 11 is 0. The minimum absolute atomic E-state index is 0.0197. The van der Waals surface area contributed by atoms with Crippen LogP contribution in [0.15, 0.2) is 42.6 Å². The van der Waals surface area contributed by atoms with E-state index in [4.69, 9.17) is 0 Å². The van der Waals surface area contributed by atoms with Gasteiger partial charge in [0.1, 0.15) is 6.10 Å². The number of nitrogens with one attached hydrogen (secondary N) is 1. The molecule has 1 aliphatic rings. The molecule has 1 fully saturated rings. The third-order valence-electron chi connectivity index (χ3n) is 5.36. The molecule has 8 heteroatoms. The third kappa shape index (κ3) is 3.91. The Morgan fingerprint density at radius 2 is 1.93 bits per heavy atom. The lowest BCUT2D eigenvalue weighted by atomic mass is 10.1. The van der Waals surface area contributed by atoms with Crippen LogP contribution in [0.25, 0.3) is 5.65 Å². The van der Waals surface area contributed by atoms with E-state index in [0.29, 0.717) is 30.0 Å². The van der Waals surface area contributed by atoms with Crippen LogP contribution in [0, 0.1) is 5.92 Å². The highest BCUT2D eigenvalue weighted by Crippen LogP contribution is 2.22. The van der Waals surface area contributed by atoms with E-state index in [9.17, 15) is 14.7 Å². The number of pyridine rings is 1. The second-order valence-corrected chi connectivity index (χ2v) is 7.89. The molecule has 1 unspecified atom stereocenters. The molecule has 156 valence electrons. The van der Waals surface area contributed by atoms with Gasteiger partial charge in [-0.15, -0.1) is 10.2 Å². The summed E-state index contributed by atoms with van der Waals surface area (Å²) in [7, 11) is 0. The molecule has 2 aromatic heterocycles. The van der Waals surface area contributed by atoms with Gasteiger partial charge in [0.05, 0.1) is 5.56 Å². The largest absolute Gasteiger partial charge is 0.385 e. The van der Waals surface area contributed by atoms with E-state index in [2.05, 4.69) is 15.5 Å². The molecule has 1 aromatic carbocycles. The fourth-order valence-corrected chi connectivity index (χ4v) is 3.54. The number of hydrogen-bond acceptors (Lipinski definition) is 5. The molecule has 2 amide bonds. The summed E-state index contributed by atoms with van der Waals surface area (Å²) in [6, 6.07) is 11.1. The highest BCUT2D eigenvalue weighted by Gasteiger charge is 2.22. The Morgan fingerprint density at radius 3 is 2.60 bits per heavy atom. The predicted molar refractivity (Wildman–Crippen MR) is 112 cm³/mol. The van der Waals surface area contributed by atoms with E-state index < -0.39 is 6.10 Å². The first-order valence-corrected chi connectivity index (χ1v) is 10.1. The molecular formula is C22H25N5O3. The average Bonchev–Trinajstić information content (AvgIpc) is 3.37. The summed E-state index contributed by atoms with van der Waals surface area (Å²) < 4.78 is 1.65. The van der Waals surface area contributed by atoms with Gasteiger partial charge in [-0.1, -0.05) is 26.0 Å². The first-order chi connectivity index (χ1) is 14.4. The SMILES string of the molecule is CC(C)C(O)c1nnc2ccc(C(=O)NCc3ccc(N4CCCC4=O)cc3)cn12. The van der Waals surface area contributed by atoms with Crippen molar-refractivity contribution in [3.63, 3.8) is 0 Å². The number of aliphatic hydroxyl groups excluding tert-OH is 1. The lowest BCUT2D eigenvalue weighted by Crippen LogP contribution is -2.24. The number of fused-ring (bicyclic) bond motifs is 1. The molecule has 1 atom stereocenters. The molecule has 1 saturated heterocycles. The molecule has 1 aliphatic heterocycles. The van der Waals surface area contributed by atoms with Crippen LogP contribution in [0.2, 0.25) is 0 Å². The van der Waals surface area contributed by atoms with Crippen molar-refractivity contribution < 1.29 is 14.7 Å². The summed E-state index contributed by atoms with van der Waals surface area (Å²) in [6.45, 7) is 4.92. The zero-order chi connectivity index (χ0) is 21.3. The van der Waals surface area contributed by atoms with E-state index in [-0.39, 0.29) is 17.7 Å². The summed E-state index contributed by atoms with van der Waals surface area (Å²) in [5, 5.41) is 21.4. The van der Waals surface area contributed by atoms with E-state index in [1.165, 1.54) is 0 Å². The minimum Gasteiger partial charge on any atom is -0.385 e. The van der Waals surface area contributed by atoms with Gasteiger partial charge in [0.25, 0.3) is 5.91 Å². The van der Waals surface area contributed by atoms with E-state index in [0.717, 1.165) is 24.2 Å². The van der Waals surface area contributed by atoms with Crippen molar-refractivity contribution in [3.8, 4) is 0 Å². The fraction of sp³-hybridized carbons (Fsp3) is 0.364. The van der Waals surface area contributed by atoms with Gasteiger partial charge in [-0.3, -0.25) is 14.0 Å². The second kappa shape index (κ2) is 8.23. The summed E-state index contributed by atoms with van der Waals surface area (Å²) in [4.78, 5) is 26.3. The average molecular weight is 407 g/mol. The first kappa shape index (κ1) is 20.0. The Morgan fingerprint density at radius 1 is 1.17 bits per heavy atom. The summed E-state index contributed by atoms with van der Waals surface area (Å²) in [5.41, 5.74) is 2.87. The van der Waals surface area contributed by atoms with Crippen molar-refractivity contribution in [2.45, 2.75) is 39.3 Å². The highest BCUT2D eigenvalue weighted by molar-refractivity contribution is 5.95.